The zero-order chi connectivity index (χ0) is 10.7. The van der Waals surface area contributed by atoms with E-state index in [9.17, 15) is 0 Å². The van der Waals surface area contributed by atoms with E-state index in [-0.39, 0.29) is 0 Å². The van der Waals surface area contributed by atoms with Crippen molar-refractivity contribution in [2.75, 3.05) is 5.32 Å². The predicted octanol–water partition coefficient (Wildman–Crippen LogP) is 3.38. The van der Waals surface area contributed by atoms with E-state index in [0.717, 1.165) is 22.6 Å². The lowest BCUT2D eigenvalue weighted by Gasteiger charge is -2.07. The van der Waals surface area contributed by atoms with Gasteiger partial charge in [0.2, 0.25) is 0 Å². The highest BCUT2D eigenvalue weighted by Crippen LogP contribution is 2.20. The van der Waals surface area contributed by atoms with E-state index < -0.39 is 0 Å². The first-order valence-electron chi connectivity index (χ1n) is 4.95. The van der Waals surface area contributed by atoms with Gasteiger partial charge in [0.05, 0.1) is 4.99 Å². The minimum atomic E-state index is 0.818. The Labute approximate surface area is 94.3 Å². The molecule has 0 unspecified atom stereocenters. The Hall–Kier alpha value is -1.48. The molecule has 76 valence electrons. The molecule has 15 heavy (non-hydrogen) atoms. The maximum absolute atomic E-state index is 5.15. The van der Waals surface area contributed by atoms with Crippen molar-refractivity contribution in [2.45, 2.75) is 13.3 Å². The first kappa shape index (κ1) is 10.1. The molecule has 0 fully saturated rings. The fourth-order valence-corrected chi connectivity index (χ4v) is 1.54. The Kier molecular flexibility index (Phi) is 2.92. The van der Waals surface area contributed by atoms with Crippen LogP contribution in [-0.2, 0) is 0 Å². The lowest BCUT2D eigenvalue weighted by Crippen LogP contribution is -2.08. The molecule has 0 spiro atoms. The van der Waals surface area contributed by atoms with E-state index in [1.54, 1.807) is 6.20 Å². The van der Waals surface area contributed by atoms with Crippen LogP contribution in [0, 0.1) is 0 Å². The summed E-state index contributed by atoms with van der Waals surface area (Å²) in [4.78, 5) is 5.11. The number of fused-ring (bicyclic) bond motifs is 1. The average molecular weight is 216 g/mol. The predicted molar refractivity (Wildman–Crippen MR) is 68.3 cm³/mol. The number of nitrogens with one attached hydrogen (secondary N) is 1. The summed E-state index contributed by atoms with van der Waals surface area (Å²) in [7, 11) is 0. The normalized spacial score (nSPS) is 10.2. The molecule has 2 rings (SSSR count). The fourth-order valence-electron chi connectivity index (χ4n) is 1.44. The van der Waals surface area contributed by atoms with Gasteiger partial charge in [-0.05, 0) is 17.9 Å². The summed E-state index contributed by atoms with van der Waals surface area (Å²) >= 11 is 5.15. The second-order valence-corrected chi connectivity index (χ2v) is 3.78. The van der Waals surface area contributed by atoms with Gasteiger partial charge in [0, 0.05) is 11.6 Å². The van der Waals surface area contributed by atoms with E-state index in [4.69, 9.17) is 12.2 Å². The average Bonchev–Trinajstić information content (AvgIpc) is 2.29. The molecule has 1 aromatic carbocycles. The van der Waals surface area contributed by atoms with Crippen LogP contribution in [0.3, 0.4) is 0 Å². The second kappa shape index (κ2) is 4.36. The van der Waals surface area contributed by atoms with Crippen molar-refractivity contribution < 1.29 is 0 Å². The molecular weight excluding hydrogens is 204 g/mol. The van der Waals surface area contributed by atoms with Gasteiger partial charge in [-0.2, -0.15) is 0 Å². The van der Waals surface area contributed by atoms with Crippen LogP contribution in [0.5, 0.6) is 0 Å². The highest BCUT2D eigenvalue weighted by molar-refractivity contribution is 7.80. The van der Waals surface area contributed by atoms with E-state index in [2.05, 4.69) is 16.4 Å². The van der Waals surface area contributed by atoms with Crippen LogP contribution in [0.2, 0.25) is 0 Å². The summed E-state index contributed by atoms with van der Waals surface area (Å²) < 4.78 is 0. The Balaban J connectivity index is 2.46. The van der Waals surface area contributed by atoms with Crippen LogP contribution >= 0.6 is 12.2 Å². The van der Waals surface area contributed by atoms with Crippen molar-refractivity contribution in [3.63, 3.8) is 0 Å². The molecule has 0 aliphatic heterocycles. The van der Waals surface area contributed by atoms with Gasteiger partial charge >= 0.3 is 0 Å². The Bertz CT molecular complexity index is 488. The molecule has 1 aromatic heterocycles. The Morgan fingerprint density at radius 1 is 1.33 bits per heavy atom. The van der Waals surface area contributed by atoms with E-state index in [1.165, 1.54) is 5.39 Å². The van der Waals surface area contributed by atoms with Gasteiger partial charge in [-0.25, -0.2) is 4.98 Å². The smallest absolute Gasteiger partial charge is 0.138 e. The highest BCUT2D eigenvalue weighted by Gasteiger charge is 2.01. The lowest BCUT2D eigenvalue weighted by molar-refractivity contribution is 1.28. The van der Waals surface area contributed by atoms with Crippen LogP contribution in [-0.4, -0.2) is 9.97 Å². The molecule has 0 amide bonds. The Morgan fingerprint density at radius 2 is 2.13 bits per heavy atom. The van der Waals surface area contributed by atoms with Crippen LogP contribution in [0.15, 0.2) is 36.5 Å². The SMILES string of the molecule is CCC(=S)Nc1nccc2ccccc12. The first-order chi connectivity index (χ1) is 7.31. The molecule has 0 radical (unpaired) electrons. The van der Waals surface area contributed by atoms with Gasteiger partial charge in [0.1, 0.15) is 5.82 Å². The minimum absolute atomic E-state index is 0.818. The number of nitrogens with zero attached hydrogens (tertiary/aromatic N) is 1. The second-order valence-electron chi connectivity index (χ2n) is 3.28. The molecule has 1 heterocycles. The number of benzene rings is 1. The molecule has 2 nitrogen and oxygen atoms in total. The summed E-state index contributed by atoms with van der Waals surface area (Å²) in [5.41, 5.74) is 0. The third-order valence-electron chi connectivity index (χ3n) is 2.25. The van der Waals surface area contributed by atoms with E-state index in [0.29, 0.717) is 0 Å². The summed E-state index contributed by atoms with van der Waals surface area (Å²) in [5.74, 6) is 0.847. The number of hydrogen-bond donors (Lipinski definition) is 1. The zero-order valence-electron chi connectivity index (χ0n) is 8.53. The summed E-state index contributed by atoms with van der Waals surface area (Å²) in [6.07, 6.45) is 2.63. The topological polar surface area (TPSA) is 24.9 Å². The quantitative estimate of drug-likeness (QED) is 0.779. The zero-order valence-corrected chi connectivity index (χ0v) is 9.34. The van der Waals surface area contributed by atoms with Crippen molar-refractivity contribution in [3.05, 3.63) is 36.5 Å². The number of anilines is 1. The number of aromatic nitrogens is 1. The van der Waals surface area contributed by atoms with Crippen molar-refractivity contribution in [1.82, 2.24) is 4.98 Å². The summed E-state index contributed by atoms with van der Waals surface area (Å²) in [6, 6.07) is 10.1. The van der Waals surface area contributed by atoms with E-state index >= 15 is 0 Å². The molecular formula is C12H12N2S. The van der Waals surface area contributed by atoms with Gasteiger partial charge in [0.15, 0.2) is 0 Å². The number of thiocarbonyl (C=S) groups is 1. The van der Waals surface area contributed by atoms with Gasteiger partial charge < -0.3 is 5.32 Å². The molecule has 0 atom stereocenters. The van der Waals surface area contributed by atoms with Crippen LogP contribution < -0.4 is 5.32 Å². The monoisotopic (exact) mass is 216 g/mol. The standard InChI is InChI=1S/C12H12N2S/c1-2-11(15)14-12-10-6-4-3-5-9(10)7-8-13-12/h3-8H,2H2,1H3,(H,13,14,15). The highest BCUT2D eigenvalue weighted by atomic mass is 32.1. The van der Waals surface area contributed by atoms with Gasteiger partial charge in [-0.3, -0.25) is 0 Å². The van der Waals surface area contributed by atoms with Gasteiger partial charge in [-0.1, -0.05) is 43.4 Å². The molecule has 0 aliphatic carbocycles. The van der Waals surface area contributed by atoms with Crippen molar-refractivity contribution >= 4 is 33.8 Å². The summed E-state index contributed by atoms with van der Waals surface area (Å²) in [5, 5.41) is 5.44. The van der Waals surface area contributed by atoms with Crippen molar-refractivity contribution in [2.24, 2.45) is 0 Å². The third kappa shape index (κ3) is 2.13. The van der Waals surface area contributed by atoms with Crippen molar-refractivity contribution in [3.8, 4) is 0 Å². The fraction of sp³-hybridized carbons (Fsp3) is 0.167. The Morgan fingerprint density at radius 3 is 2.93 bits per heavy atom. The maximum atomic E-state index is 5.15. The number of hydrogen-bond acceptors (Lipinski definition) is 2. The van der Waals surface area contributed by atoms with Gasteiger partial charge in [-0.15, -0.1) is 0 Å². The molecule has 1 N–H and O–H groups in total. The first-order valence-corrected chi connectivity index (χ1v) is 5.35. The molecule has 0 saturated carbocycles. The van der Waals surface area contributed by atoms with Crippen LogP contribution in [0.25, 0.3) is 10.8 Å². The third-order valence-corrected chi connectivity index (χ3v) is 2.64. The molecule has 3 heteroatoms. The molecule has 2 aromatic rings. The molecule has 0 aliphatic rings. The summed E-state index contributed by atoms with van der Waals surface area (Å²) in [6.45, 7) is 2.03. The molecule has 0 saturated heterocycles. The molecule has 0 bridgehead atoms. The maximum Gasteiger partial charge on any atom is 0.138 e. The van der Waals surface area contributed by atoms with E-state index in [1.807, 2.05) is 31.2 Å². The lowest BCUT2D eigenvalue weighted by atomic mass is 10.1. The van der Waals surface area contributed by atoms with Crippen LogP contribution in [0.1, 0.15) is 13.3 Å². The largest absolute Gasteiger partial charge is 0.334 e. The number of pyridine rings is 1. The number of rotatable bonds is 2. The van der Waals surface area contributed by atoms with Crippen molar-refractivity contribution in [1.29, 1.82) is 0 Å². The van der Waals surface area contributed by atoms with Gasteiger partial charge in [0.25, 0.3) is 0 Å². The van der Waals surface area contributed by atoms with Crippen LogP contribution in [0.4, 0.5) is 5.82 Å². The minimum Gasteiger partial charge on any atom is -0.334 e.